The molecule has 5 heteroatoms. The summed E-state index contributed by atoms with van der Waals surface area (Å²) >= 11 is 1.70. The van der Waals surface area contributed by atoms with Crippen molar-refractivity contribution in [2.75, 3.05) is 0 Å². The molecule has 102 valence electrons. The Balaban J connectivity index is 1.96. The molecule has 2 N–H and O–H groups in total. The van der Waals surface area contributed by atoms with Crippen LogP contribution < -0.4 is 5.56 Å². The van der Waals surface area contributed by atoms with Crippen molar-refractivity contribution in [3.63, 3.8) is 0 Å². The summed E-state index contributed by atoms with van der Waals surface area (Å²) in [6.07, 6.45) is 9.46. The fourth-order valence-corrected chi connectivity index (χ4v) is 4.21. The van der Waals surface area contributed by atoms with E-state index in [1.807, 2.05) is 18.5 Å². The molecule has 0 aromatic carbocycles. The van der Waals surface area contributed by atoms with E-state index >= 15 is 0 Å². The number of aromatic amines is 2. The number of aromatic nitrogens is 3. The number of hydrogen-bond acceptors (Lipinski definition) is 3. The molecule has 0 fully saturated rings. The van der Waals surface area contributed by atoms with Gasteiger partial charge in [0.2, 0.25) is 0 Å². The van der Waals surface area contributed by atoms with Crippen LogP contribution in [0.3, 0.4) is 0 Å². The number of H-pyrrole nitrogens is 2. The minimum Gasteiger partial charge on any atom is -0.367 e. The van der Waals surface area contributed by atoms with Crippen LogP contribution in [-0.2, 0) is 12.8 Å². The molecule has 1 aliphatic carbocycles. The zero-order valence-corrected chi connectivity index (χ0v) is 11.8. The van der Waals surface area contributed by atoms with Gasteiger partial charge in [-0.25, -0.2) is 4.98 Å². The van der Waals surface area contributed by atoms with Gasteiger partial charge in [-0.2, -0.15) is 0 Å². The van der Waals surface area contributed by atoms with Gasteiger partial charge in [0.05, 0.1) is 5.39 Å². The van der Waals surface area contributed by atoms with Crippen molar-refractivity contribution in [3.05, 3.63) is 39.3 Å². The molecular formula is C15H15N3OS. The molecule has 0 atom stereocenters. The van der Waals surface area contributed by atoms with Gasteiger partial charge < -0.3 is 9.97 Å². The maximum absolute atomic E-state index is 12.4. The third-order valence-corrected chi connectivity index (χ3v) is 5.13. The van der Waals surface area contributed by atoms with Gasteiger partial charge in [0, 0.05) is 22.8 Å². The van der Waals surface area contributed by atoms with Crippen LogP contribution in [0.15, 0.2) is 23.3 Å². The second-order valence-electron chi connectivity index (χ2n) is 5.26. The highest BCUT2D eigenvalue weighted by Gasteiger charge is 2.19. The maximum Gasteiger partial charge on any atom is 0.260 e. The van der Waals surface area contributed by atoms with Crippen molar-refractivity contribution in [2.24, 2.45) is 0 Å². The molecule has 0 saturated carbocycles. The summed E-state index contributed by atoms with van der Waals surface area (Å²) < 4.78 is 0. The fraction of sp³-hybridized carbons (Fsp3) is 0.333. The van der Waals surface area contributed by atoms with Gasteiger partial charge in [0.25, 0.3) is 5.56 Å². The van der Waals surface area contributed by atoms with Crippen LogP contribution in [0.5, 0.6) is 0 Å². The predicted molar refractivity (Wildman–Crippen MR) is 81.3 cm³/mol. The summed E-state index contributed by atoms with van der Waals surface area (Å²) in [5.41, 5.74) is 2.18. The number of nitrogens with one attached hydrogen (secondary N) is 2. The molecular weight excluding hydrogens is 270 g/mol. The molecule has 3 aromatic heterocycles. The first-order valence-corrected chi connectivity index (χ1v) is 7.82. The van der Waals surface area contributed by atoms with Crippen molar-refractivity contribution in [2.45, 2.75) is 32.1 Å². The first-order chi connectivity index (χ1) is 9.83. The lowest BCUT2D eigenvalue weighted by Gasteiger charge is -1.99. The summed E-state index contributed by atoms with van der Waals surface area (Å²) in [4.78, 5) is 25.3. The molecule has 3 aromatic rings. The number of hydrogen-bond donors (Lipinski definition) is 2. The lowest BCUT2D eigenvalue weighted by atomic mass is 10.1. The van der Waals surface area contributed by atoms with Crippen LogP contribution in [0.25, 0.3) is 21.6 Å². The second-order valence-corrected chi connectivity index (χ2v) is 6.34. The highest BCUT2D eigenvalue weighted by molar-refractivity contribution is 7.18. The lowest BCUT2D eigenvalue weighted by Crippen LogP contribution is -2.09. The van der Waals surface area contributed by atoms with Crippen molar-refractivity contribution >= 4 is 21.6 Å². The molecule has 0 unspecified atom stereocenters. The SMILES string of the molecule is O=c1[nH]c(-c2cc[nH]c2)nc2sc3c(c12)CCCCC3. The standard InChI is InChI=1S/C15H15N3OS/c19-14-12-10-4-2-1-3-5-11(10)20-15(12)18-13(17-14)9-6-7-16-8-9/h6-8,16H,1-5H2,(H,17,18,19). The average Bonchev–Trinajstić information content (AvgIpc) is 3.02. The topological polar surface area (TPSA) is 61.5 Å². The van der Waals surface area contributed by atoms with E-state index in [0.29, 0.717) is 5.82 Å². The molecule has 4 rings (SSSR count). The molecule has 0 spiro atoms. The van der Waals surface area contributed by atoms with Crippen LogP contribution in [0.1, 0.15) is 29.7 Å². The van der Waals surface area contributed by atoms with E-state index < -0.39 is 0 Å². The first kappa shape index (κ1) is 11.9. The number of rotatable bonds is 1. The van der Waals surface area contributed by atoms with Crippen LogP contribution in [0.2, 0.25) is 0 Å². The normalized spacial score (nSPS) is 15.2. The fourth-order valence-electron chi connectivity index (χ4n) is 2.95. The largest absolute Gasteiger partial charge is 0.367 e. The van der Waals surface area contributed by atoms with Crippen molar-refractivity contribution in [1.29, 1.82) is 0 Å². The quantitative estimate of drug-likeness (QED) is 0.674. The van der Waals surface area contributed by atoms with E-state index in [2.05, 4.69) is 15.0 Å². The van der Waals surface area contributed by atoms with E-state index in [1.165, 1.54) is 29.7 Å². The number of fused-ring (bicyclic) bond motifs is 3. The van der Waals surface area contributed by atoms with Gasteiger partial charge >= 0.3 is 0 Å². The predicted octanol–water partition coefficient (Wildman–Crippen LogP) is 3.25. The lowest BCUT2D eigenvalue weighted by molar-refractivity contribution is 0.713. The summed E-state index contributed by atoms with van der Waals surface area (Å²) in [6.45, 7) is 0. The first-order valence-electron chi connectivity index (χ1n) is 7.00. The maximum atomic E-state index is 12.4. The minimum atomic E-state index is 0.00519. The third-order valence-electron chi connectivity index (χ3n) is 3.95. The van der Waals surface area contributed by atoms with Crippen molar-refractivity contribution in [1.82, 2.24) is 15.0 Å². The smallest absolute Gasteiger partial charge is 0.260 e. The van der Waals surface area contributed by atoms with Gasteiger partial charge in [-0.05, 0) is 37.3 Å². The third kappa shape index (κ3) is 1.81. The molecule has 4 nitrogen and oxygen atoms in total. The van der Waals surface area contributed by atoms with E-state index in [9.17, 15) is 4.79 Å². The Morgan fingerprint density at radius 2 is 2.10 bits per heavy atom. The summed E-state index contributed by atoms with van der Waals surface area (Å²) in [5.74, 6) is 0.653. The molecule has 0 bridgehead atoms. The van der Waals surface area contributed by atoms with Crippen LogP contribution >= 0.6 is 11.3 Å². The van der Waals surface area contributed by atoms with Gasteiger partial charge in [0.1, 0.15) is 10.7 Å². The number of nitrogens with zero attached hydrogens (tertiary/aromatic N) is 1. The Bertz CT molecular complexity index is 814. The number of aryl methyl sites for hydroxylation is 2. The molecule has 0 saturated heterocycles. The van der Waals surface area contributed by atoms with E-state index in [0.717, 1.165) is 28.6 Å². The zero-order valence-electron chi connectivity index (χ0n) is 11.0. The number of thiophene rings is 1. The molecule has 3 heterocycles. The molecule has 0 aliphatic heterocycles. The Morgan fingerprint density at radius 3 is 2.95 bits per heavy atom. The van der Waals surface area contributed by atoms with E-state index in [1.54, 1.807) is 11.3 Å². The van der Waals surface area contributed by atoms with E-state index in [-0.39, 0.29) is 5.56 Å². The van der Waals surface area contributed by atoms with Crippen LogP contribution in [-0.4, -0.2) is 15.0 Å². The Labute approximate surface area is 119 Å². The van der Waals surface area contributed by atoms with Crippen molar-refractivity contribution < 1.29 is 0 Å². The average molecular weight is 285 g/mol. The molecule has 0 radical (unpaired) electrons. The highest BCUT2D eigenvalue weighted by atomic mass is 32.1. The van der Waals surface area contributed by atoms with Crippen LogP contribution in [0.4, 0.5) is 0 Å². The Morgan fingerprint density at radius 1 is 1.20 bits per heavy atom. The van der Waals surface area contributed by atoms with Gasteiger partial charge in [-0.1, -0.05) is 6.42 Å². The minimum absolute atomic E-state index is 0.00519. The van der Waals surface area contributed by atoms with Gasteiger partial charge in [0.15, 0.2) is 0 Å². The monoisotopic (exact) mass is 285 g/mol. The zero-order chi connectivity index (χ0) is 13.5. The van der Waals surface area contributed by atoms with Gasteiger partial charge in [-0.15, -0.1) is 11.3 Å². The Hall–Kier alpha value is -1.88. The summed E-state index contributed by atoms with van der Waals surface area (Å²) in [7, 11) is 0. The summed E-state index contributed by atoms with van der Waals surface area (Å²) in [6, 6.07) is 1.92. The molecule has 1 aliphatic rings. The van der Waals surface area contributed by atoms with Gasteiger partial charge in [-0.3, -0.25) is 4.79 Å². The summed E-state index contributed by atoms with van der Waals surface area (Å²) in [5, 5.41) is 0.825. The molecule has 20 heavy (non-hydrogen) atoms. The van der Waals surface area contributed by atoms with E-state index in [4.69, 9.17) is 0 Å². The highest BCUT2D eigenvalue weighted by Crippen LogP contribution is 2.33. The second kappa shape index (κ2) is 4.59. The molecule has 0 amide bonds. The van der Waals surface area contributed by atoms with Crippen molar-refractivity contribution in [3.8, 4) is 11.4 Å². The van der Waals surface area contributed by atoms with Crippen LogP contribution in [0, 0.1) is 0 Å². The Kier molecular flexibility index (Phi) is 2.73.